The molecule has 1 amide bonds. The molecule has 1 aliphatic carbocycles. The summed E-state index contributed by atoms with van der Waals surface area (Å²) in [6.07, 6.45) is 4.16. The Kier molecular flexibility index (Phi) is 8.33. The minimum Gasteiger partial charge on any atom is -0.504 e. The van der Waals surface area contributed by atoms with Crippen molar-refractivity contribution in [3.05, 3.63) is 45.8 Å². The number of phenols is 1. The molecular formula is C25H29NO7S. The van der Waals surface area contributed by atoms with E-state index in [2.05, 4.69) is 12.2 Å². The molecule has 8 nitrogen and oxygen atoms in total. The largest absolute Gasteiger partial charge is 0.504 e. The fourth-order valence-electron chi connectivity index (χ4n) is 3.70. The number of rotatable bonds is 8. The Morgan fingerprint density at radius 2 is 2.09 bits per heavy atom. The third-order valence-electron chi connectivity index (χ3n) is 5.51. The molecule has 0 fully saturated rings. The predicted molar refractivity (Wildman–Crippen MR) is 129 cm³/mol. The summed E-state index contributed by atoms with van der Waals surface area (Å²) in [6, 6.07) is 4.61. The van der Waals surface area contributed by atoms with Crippen LogP contribution in [-0.4, -0.2) is 42.8 Å². The van der Waals surface area contributed by atoms with Crippen molar-refractivity contribution in [3.63, 3.8) is 0 Å². The first-order valence-electron chi connectivity index (χ1n) is 11.1. The molecule has 0 radical (unpaired) electrons. The van der Waals surface area contributed by atoms with Crippen LogP contribution in [0, 0.1) is 5.92 Å². The van der Waals surface area contributed by atoms with E-state index < -0.39 is 23.9 Å². The second kappa shape index (κ2) is 11.2. The summed E-state index contributed by atoms with van der Waals surface area (Å²) >= 11 is 1.38. The van der Waals surface area contributed by atoms with Gasteiger partial charge in [-0.3, -0.25) is 4.79 Å². The second-order valence-corrected chi connectivity index (χ2v) is 9.21. The molecule has 0 spiro atoms. The van der Waals surface area contributed by atoms with Crippen LogP contribution in [0.15, 0.2) is 24.3 Å². The molecule has 0 aliphatic heterocycles. The average molecular weight is 488 g/mol. The van der Waals surface area contributed by atoms with Crippen LogP contribution in [-0.2, 0) is 31.9 Å². The third kappa shape index (κ3) is 5.96. The molecule has 34 heavy (non-hydrogen) atoms. The van der Waals surface area contributed by atoms with E-state index in [0.717, 1.165) is 29.7 Å². The topological polar surface area (TPSA) is 111 Å². The summed E-state index contributed by atoms with van der Waals surface area (Å²) in [6.45, 7) is 5.60. The summed E-state index contributed by atoms with van der Waals surface area (Å²) in [5.41, 5.74) is 1.96. The molecule has 3 rings (SSSR count). The molecule has 9 heteroatoms. The van der Waals surface area contributed by atoms with Crippen molar-refractivity contribution < 1.29 is 33.7 Å². The average Bonchev–Trinajstić information content (AvgIpc) is 3.15. The molecule has 182 valence electrons. The normalized spacial score (nSPS) is 15.9. The van der Waals surface area contributed by atoms with Crippen molar-refractivity contribution in [2.45, 2.75) is 46.1 Å². The number of carbonyl (C=O) groups excluding carboxylic acids is 3. The standard InChI is InChI=1S/C25H29NO7S/c1-5-32-25(30)22-17-9-6-14(2)12-20(17)34-24(22)26-23(29)15(3)33-21(28)11-8-16-7-10-18(27)19(13-16)31-4/h7-8,10-11,13-15,27H,5-6,9,12H2,1-4H3,(H,26,29)/b11-8+/t14-,15+/m1/s1. The fourth-order valence-corrected chi connectivity index (χ4v) is 5.10. The lowest BCUT2D eigenvalue weighted by Crippen LogP contribution is -2.29. The van der Waals surface area contributed by atoms with E-state index in [9.17, 15) is 19.5 Å². The molecule has 0 unspecified atom stereocenters. The van der Waals surface area contributed by atoms with Gasteiger partial charge < -0.3 is 24.6 Å². The number of fused-ring (bicyclic) bond motifs is 1. The minimum absolute atomic E-state index is 0.0144. The number of nitrogens with one attached hydrogen (secondary N) is 1. The van der Waals surface area contributed by atoms with E-state index in [-0.39, 0.29) is 18.1 Å². The molecule has 2 atom stereocenters. The minimum atomic E-state index is -1.08. The van der Waals surface area contributed by atoms with Crippen LogP contribution >= 0.6 is 11.3 Å². The Balaban J connectivity index is 1.68. The van der Waals surface area contributed by atoms with Gasteiger partial charge in [-0.15, -0.1) is 11.3 Å². The van der Waals surface area contributed by atoms with Crippen molar-refractivity contribution in [2.24, 2.45) is 5.92 Å². The van der Waals surface area contributed by atoms with Crippen molar-refractivity contribution in [2.75, 3.05) is 19.0 Å². The highest BCUT2D eigenvalue weighted by Gasteiger charge is 2.30. The van der Waals surface area contributed by atoms with E-state index in [1.807, 2.05) is 0 Å². The maximum absolute atomic E-state index is 12.8. The molecule has 1 heterocycles. The lowest BCUT2D eigenvalue weighted by atomic mass is 9.88. The SMILES string of the molecule is CCOC(=O)c1c(NC(=O)[C@H](C)OC(=O)/C=C/c2ccc(O)c(OC)c2)sc2c1CC[C@@H](C)C2. The molecule has 1 aliphatic rings. The number of anilines is 1. The van der Waals surface area contributed by atoms with Gasteiger partial charge in [0.1, 0.15) is 5.00 Å². The molecule has 1 aromatic heterocycles. The van der Waals surface area contributed by atoms with Gasteiger partial charge in [-0.1, -0.05) is 13.0 Å². The molecule has 2 N–H and O–H groups in total. The van der Waals surface area contributed by atoms with Gasteiger partial charge >= 0.3 is 11.9 Å². The number of methoxy groups -OCH3 is 1. The molecular weight excluding hydrogens is 458 g/mol. The zero-order valence-electron chi connectivity index (χ0n) is 19.7. The van der Waals surface area contributed by atoms with Crippen LogP contribution in [0.4, 0.5) is 5.00 Å². The summed E-state index contributed by atoms with van der Waals surface area (Å²) in [7, 11) is 1.43. The third-order valence-corrected chi connectivity index (χ3v) is 6.68. The molecule has 0 bridgehead atoms. The number of benzene rings is 1. The number of hydrogen-bond acceptors (Lipinski definition) is 8. The van der Waals surface area contributed by atoms with Crippen molar-refractivity contribution in [3.8, 4) is 11.5 Å². The highest BCUT2D eigenvalue weighted by molar-refractivity contribution is 7.17. The zero-order valence-corrected chi connectivity index (χ0v) is 20.5. The lowest BCUT2D eigenvalue weighted by molar-refractivity contribution is -0.148. The number of ether oxygens (including phenoxy) is 3. The van der Waals surface area contributed by atoms with Crippen LogP contribution in [0.25, 0.3) is 6.08 Å². The summed E-state index contributed by atoms with van der Waals surface area (Å²) in [4.78, 5) is 38.7. The lowest BCUT2D eigenvalue weighted by Gasteiger charge is -2.18. The number of esters is 2. The van der Waals surface area contributed by atoms with Gasteiger partial charge in [0, 0.05) is 11.0 Å². The summed E-state index contributed by atoms with van der Waals surface area (Å²) in [5, 5.41) is 12.8. The van der Waals surface area contributed by atoms with Gasteiger partial charge in [0.2, 0.25) is 0 Å². The maximum Gasteiger partial charge on any atom is 0.341 e. The summed E-state index contributed by atoms with van der Waals surface area (Å²) in [5.74, 6) is -0.940. The Hall–Kier alpha value is -3.33. The number of phenolic OH excluding ortho intramolecular Hbond substituents is 1. The molecule has 2 aromatic rings. The van der Waals surface area contributed by atoms with Gasteiger partial charge in [-0.2, -0.15) is 0 Å². The first-order chi connectivity index (χ1) is 16.2. The van der Waals surface area contributed by atoms with E-state index >= 15 is 0 Å². The van der Waals surface area contributed by atoms with Gasteiger partial charge in [-0.25, -0.2) is 9.59 Å². The molecule has 0 saturated carbocycles. The Morgan fingerprint density at radius 1 is 1.32 bits per heavy atom. The Labute approximate surface area is 202 Å². The van der Waals surface area contributed by atoms with Crippen LogP contribution < -0.4 is 10.1 Å². The maximum atomic E-state index is 12.8. The number of amides is 1. The van der Waals surface area contributed by atoms with Gasteiger partial charge in [0.05, 0.1) is 19.3 Å². The van der Waals surface area contributed by atoms with E-state index in [1.165, 1.54) is 43.6 Å². The first-order valence-corrected chi connectivity index (χ1v) is 11.9. The fraction of sp³-hybridized carbons (Fsp3) is 0.400. The summed E-state index contributed by atoms with van der Waals surface area (Å²) < 4.78 is 15.5. The van der Waals surface area contributed by atoms with E-state index in [4.69, 9.17) is 14.2 Å². The van der Waals surface area contributed by atoms with Crippen LogP contribution in [0.5, 0.6) is 11.5 Å². The first kappa shape index (κ1) is 25.3. The predicted octanol–water partition coefficient (Wildman–Crippen LogP) is 4.35. The van der Waals surface area contributed by atoms with Crippen molar-refractivity contribution >= 4 is 40.3 Å². The number of carbonyl (C=O) groups is 3. The van der Waals surface area contributed by atoms with Crippen LogP contribution in [0.2, 0.25) is 0 Å². The Morgan fingerprint density at radius 3 is 2.79 bits per heavy atom. The Bertz CT molecular complexity index is 1100. The highest BCUT2D eigenvalue weighted by atomic mass is 32.1. The highest BCUT2D eigenvalue weighted by Crippen LogP contribution is 2.40. The van der Waals surface area contributed by atoms with E-state index in [1.54, 1.807) is 19.1 Å². The van der Waals surface area contributed by atoms with Crippen LogP contribution in [0.1, 0.15) is 53.6 Å². The van der Waals surface area contributed by atoms with Gasteiger partial charge in [0.15, 0.2) is 17.6 Å². The number of aromatic hydroxyl groups is 1. The molecule has 1 aromatic carbocycles. The number of thiophene rings is 1. The quantitative estimate of drug-likeness (QED) is 0.421. The zero-order chi connectivity index (χ0) is 24.8. The van der Waals surface area contributed by atoms with Gasteiger partial charge in [-0.05, 0) is 68.4 Å². The van der Waals surface area contributed by atoms with E-state index in [0.29, 0.717) is 22.0 Å². The molecule has 0 saturated heterocycles. The number of hydrogen-bond donors (Lipinski definition) is 2. The van der Waals surface area contributed by atoms with Crippen molar-refractivity contribution in [1.29, 1.82) is 0 Å². The van der Waals surface area contributed by atoms with Crippen LogP contribution in [0.3, 0.4) is 0 Å². The smallest absolute Gasteiger partial charge is 0.341 e. The second-order valence-electron chi connectivity index (χ2n) is 8.11. The van der Waals surface area contributed by atoms with Crippen molar-refractivity contribution in [1.82, 2.24) is 0 Å². The van der Waals surface area contributed by atoms with Gasteiger partial charge in [0.25, 0.3) is 5.91 Å². The monoisotopic (exact) mass is 487 g/mol.